The Morgan fingerprint density at radius 1 is 1.18 bits per heavy atom. The maximum atomic E-state index is 13.4. The molecule has 2 aromatic rings. The summed E-state index contributed by atoms with van der Waals surface area (Å²) < 4.78 is 13.4. The molecule has 0 unspecified atom stereocenters. The number of hydrogen-bond donors (Lipinski definition) is 4. The van der Waals surface area contributed by atoms with Crippen LogP contribution >= 0.6 is 23.8 Å². The number of thiocarbonyl (C=S) groups is 1. The largest absolute Gasteiger partial charge is 0.507 e. The summed E-state index contributed by atoms with van der Waals surface area (Å²) in [7, 11) is 0. The molecule has 8 heteroatoms. The number of phenolic OH excluding ortho intramolecular Hbond substituents is 1. The van der Waals surface area contributed by atoms with Gasteiger partial charge in [0.25, 0.3) is 5.91 Å². The van der Waals surface area contributed by atoms with E-state index in [4.69, 9.17) is 23.8 Å². The van der Waals surface area contributed by atoms with Crippen molar-refractivity contribution in [3.8, 4) is 5.75 Å². The highest BCUT2D eigenvalue weighted by molar-refractivity contribution is 7.80. The van der Waals surface area contributed by atoms with Crippen molar-refractivity contribution in [2.75, 3.05) is 5.32 Å². The Morgan fingerprint density at radius 2 is 1.91 bits per heavy atom. The molecular formula is C14H11ClFN3O2S. The third-order valence-corrected chi connectivity index (χ3v) is 3.05. The molecule has 22 heavy (non-hydrogen) atoms. The number of amides is 1. The van der Waals surface area contributed by atoms with Crippen molar-refractivity contribution in [3.63, 3.8) is 0 Å². The lowest BCUT2D eigenvalue weighted by Crippen LogP contribution is -2.43. The molecule has 2 aromatic carbocycles. The molecule has 0 aromatic heterocycles. The Morgan fingerprint density at radius 3 is 2.64 bits per heavy atom. The fourth-order valence-corrected chi connectivity index (χ4v) is 1.92. The molecule has 0 spiro atoms. The van der Waals surface area contributed by atoms with Gasteiger partial charge in [0.2, 0.25) is 0 Å². The summed E-state index contributed by atoms with van der Waals surface area (Å²) in [5.41, 5.74) is 4.82. The van der Waals surface area contributed by atoms with E-state index in [1.165, 1.54) is 30.3 Å². The van der Waals surface area contributed by atoms with Gasteiger partial charge < -0.3 is 10.4 Å². The van der Waals surface area contributed by atoms with Gasteiger partial charge in [0, 0.05) is 5.02 Å². The quantitative estimate of drug-likeness (QED) is 0.500. The number of benzene rings is 2. The van der Waals surface area contributed by atoms with E-state index in [0.717, 1.165) is 0 Å². The molecule has 0 aliphatic rings. The van der Waals surface area contributed by atoms with Crippen molar-refractivity contribution in [1.29, 1.82) is 0 Å². The van der Waals surface area contributed by atoms with Gasteiger partial charge in [-0.2, -0.15) is 0 Å². The number of hydrazine groups is 1. The summed E-state index contributed by atoms with van der Waals surface area (Å²) in [4.78, 5) is 11.9. The molecule has 5 nitrogen and oxygen atoms in total. The van der Waals surface area contributed by atoms with Gasteiger partial charge in [0.1, 0.15) is 11.6 Å². The van der Waals surface area contributed by atoms with Gasteiger partial charge in [-0.25, -0.2) is 4.39 Å². The highest BCUT2D eigenvalue weighted by Gasteiger charge is 2.12. The lowest BCUT2D eigenvalue weighted by atomic mass is 10.2. The zero-order chi connectivity index (χ0) is 16.1. The number of halogens is 2. The molecule has 0 saturated carbocycles. The Kier molecular flexibility index (Phi) is 5.13. The van der Waals surface area contributed by atoms with Gasteiger partial charge >= 0.3 is 0 Å². The van der Waals surface area contributed by atoms with E-state index in [1.807, 2.05) is 0 Å². The van der Waals surface area contributed by atoms with Crippen LogP contribution in [0.2, 0.25) is 5.02 Å². The first-order chi connectivity index (χ1) is 10.5. The predicted molar refractivity (Wildman–Crippen MR) is 86.3 cm³/mol. The van der Waals surface area contributed by atoms with Crippen molar-refractivity contribution in [1.82, 2.24) is 10.9 Å². The second kappa shape index (κ2) is 7.06. The third-order valence-electron chi connectivity index (χ3n) is 2.61. The molecule has 0 saturated heterocycles. The summed E-state index contributed by atoms with van der Waals surface area (Å²) in [5, 5.41) is 12.5. The standard InChI is InChI=1S/C14H11ClFN3O2S/c15-8-5-6-12(20)9(7-8)13(21)18-19-14(22)17-11-4-2-1-3-10(11)16/h1-7,20H,(H,18,21)(H2,17,19,22). The smallest absolute Gasteiger partial charge is 0.273 e. The van der Waals surface area contributed by atoms with Crippen LogP contribution in [0.3, 0.4) is 0 Å². The third kappa shape index (κ3) is 4.06. The monoisotopic (exact) mass is 339 g/mol. The summed E-state index contributed by atoms with van der Waals surface area (Å²) in [6.07, 6.45) is 0. The van der Waals surface area contributed by atoms with Crippen LogP contribution in [-0.4, -0.2) is 16.1 Å². The topological polar surface area (TPSA) is 73.4 Å². The minimum Gasteiger partial charge on any atom is -0.507 e. The molecule has 0 heterocycles. The maximum absolute atomic E-state index is 13.4. The van der Waals surface area contributed by atoms with Crippen LogP contribution in [0.25, 0.3) is 0 Å². The molecule has 2 rings (SSSR count). The molecule has 0 bridgehead atoms. The van der Waals surface area contributed by atoms with Crippen molar-refractivity contribution in [2.24, 2.45) is 0 Å². The molecule has 0 aliphatic carbocycles. The minimum atomic E-state index is -0.641. The Bertz CT molecular complexity index is 727. The van der Waals surface area contributed by atoms with Gasteiger partial charge in [-0.05, 0) is 42.5 Å². The molecule has 1 amide bonds. The van der Waals surface area contributed by atoms with Crippen LogP contribution in [0.5, 0.6) is 5.75 Å². The number of phenols is 1. The van der Waals surface area contributed by atoms with E-state index in [0.29, 0.717) is 5.02 Å². The Hall–Kier alpha value is -2.38. The first kappa shape index (κ1) is 16.0. The highest BCUT2D eigenvalue weighted by Crippen LogP contribution is 2.21. The lowest BCUT2D eigenvalue weighted by Gasteiger charge is -2.12. The normalized spacial score (nSPS) is 9.91. The molecule has 4 N–H and O–H groups in total. The van der Waals surface area contributed by atoms with Crippen LogP contribution in [0.15, 0.2) is 42.5 Å². The summed E-state index contributed by atoms with van der Waals surface area (Å²) in [5.74, 6) is -1.35. The number of aromatic hydroxyl groups is 1. The molecule has 114 valence electrons. The maximum Gasteiger partial charge on any atom is 0.273 e. The minimum absolute atomic E-state index is 0.0139. The number of carbonyl (C=O) groups excluding carboxylic acids is 1. The first-order valence-corrected chi connectivity index (χ1v) is 6.86. The van der Waals surface area contributed by atoms with E-state index in [9.17, 15) is 14.3 Å². The number of nitrogens with one attached hydrogen (secondary N) is 3. The van der Waals surface area contributed by atoms with Gasteiger partial charge in [0.05, 0.1) is 11.3 Å². The van der Waals surface area contributed by atoms with Crippen molar-refractivity contribution < 1.29 is 14.3 Å². The van der Waals surface area contributed by atoms with Gasteiger partial charge in [-0.1, -0.05) is 23.7 Å². The Balaban J connectivity index is 1.95. The van der Waals surface area contributed by atoms with Gasteiger partial charge in [0.15, 0.2) is 5.11 Å². The Labute approximate surface area is 136 Å². The zero-order valence-corrected chi connectivity index (χ0v) is 12.6. The highest BCUT2D eigenvalue weighted by atomic mass is 35.5. The van der Waals surface area contributed by atoms with E-state index < -0.39 is 11.7 Å². The average Bonchev–Trinajstić information content (AvgIpc) is 2.49. The lowest BCUT2D eigenvalue weighted by molar-refractivity contribution is 0.0941. The van der Waals surface area contributed by atoms with Crippen LogP contribution < -0.4 is 16.2 Å². The van der Waals surface area contributed by atoms with E-state index >= 15 is 0 Å². The predicted octanol–water partition coefficient (Wildman–Crippen LogP) is 2.82. The van der Waals surface area contributed by atoms with Gasteiger partial charge in [-0.3, -0.25) is 15.6 Å². The fourth-order valence-electron chi connectivity index (χ4n) is 1.59. The van der Waals surface area contributed by atoms with E-state index in [2.05, 4.69) is 16.2 Å². The van der Waals surface area contributed by atoms with Crippen LogP contribution in [-0.2, 0) is 0 Å². The fraction of sp³-hybridized carbons (Fsp3) is 0. The van der Waals surface area contributed by atoms with Crippen LogP contribution in [0.1, 0.15) is 10.4 Å². The SMILES string of the molecule is O=C(NNC(=S)Nc1ccccc1F)c1cc(Cl)ccc1O. The van der Waals surface area contributed by atoms with Crippen LogP contribution in [0, 0.1) is 5.82 Å². The molecule has 0 atom stereocenters. The van der Waals surface area contributed by atoms with E-state index in [-0.39, 0.29) is 22.1 Å². The second-order valence-corrected chi connectivity index (χ2v) is 5.02. The summed E-state index contributed by atoms with van der Waals surface area (Å²) in [6, 6.07) is 10.00. The summed E-state index contributed by atoms with van der Waals surface area (Å²) >= 11 is 10.7. The zero-order valence-electron chi connectivity index (χ0n) is 11.1. The molecule has 0 fully saturated rings. The van der Waals surface area contributed by atoms with Crippen molar-refractivity contribution >= 4 is 40.5 Å². The number of rotatable bonds is 2. The average molecular weight is 340 g/mol. The number of carbonyl (C=O) groups is 1. The van der Waals surface area contributed by atoms with Crippen molar-refractivity contribution in [2.45, 2.75) is 0 Å². The number of para-hydroxylation sites is 1. The molecular weight excluding hydrogens is 329 g/mol. The molecule has 0 aliphatic heterocycles. The summed E-state index contributed by atoms with van der Waals surface area (Å²) in [6.45, 7) is 0. The van der Waals surface area contributed by atoms with Crippen LogP contribution in [0.4, 0.5) is 10.1 Å². The molecule has 0 radical (unpaired) electrons. The first-order valence-electron chi connectivity index (χ1n) is 6.08. The van der Waals surface area contributed by atoms with E-state index in [1.54, 1.807) is 12.1 Å². The second-order valence-electron chi connectivity index (χ2n) is 4.17. The van der Waals surface area contributed by atoms with Gasteiger partial charge in [-0.15, -0.1) is 0 Å². The van der Waals surface area contributed by atoms with Crippen molar-refractivity contribution in [3.05, 3.63) is 58.9 Å². The number of anilines is 1. The number of hydrogen-bond acceptors (Lipinski definition) is 3.